The molecule has 194 valence electrons. The number of hydrogen-bond acceptors (Lipinski definition) is 7. The number of rotatable bonds is 7. The van der Waals surface area contributed by atoms with E-state index in [2.05, 4.69) is 19.7 Å². The fraction of sp³-hybridized carbons (Fsp3) is 0.400. The molecule has 12 heteroatoms. The molecule has 1 saturated carbocycles. The van der Waals surface area contributed by atoms with Crippen LogP contribution in [0.1, 0.15) is 61.3 Å². The van der Waals surface area contributed by atoms with Gasteiger partial charge in [-0.3, -0.25) is 9.67 Å². The second-order valence-electron chi connectivity index (χ2n) is 9.90. The molecule has 1 aromatic carbocycles. The van der Waals surface area contributed by atoms with E-state index in [0.717, 1.165) is 21.8 Å². The highest BCUT2D eigenvalue weighted by atomic mass is 35.5. The first-order valence-corrected chi connectivity index (χ1v) is 15.0. The van der Waals surface area contributed by atoms with Gasteiger partial charge in [0.2, 0.25) is 10.0 Å². The first kappa shape index (κ1) is 24.7. The Labute approximate surface area is 223 Å². The minimum absolute atomic E-state index is 0.156. The van der Waals surface area contributed by atoms with Crippen LogP contribution in [0.2, 0.25) is 5.02 Å². The van der Waals surface area contributed by atoms with Gasteiger partial charge in [-0.1, -0.05) is 17.7 Å². The summed E-state index contributed by atoms with van der Waals surface area (Å²) in [6, 6.07) is 3.64. The van der Waals surface area contributed by atoms with Crippen molar-refractivity contribution in [2.75, 3.05) is 6.54 Å². The zero-order chi connectivity index (χ0) is 25.9. The Morgan fingerprint density at radius 1 is 1.27 bits per heavy atom. The summed E-state index contributed by atoms with van der Waals surface area (Å²) in [6.45, 7) is 4.53. The minimum Gasteiger partial charge on any atom is -0.326 e. The van der Waals surface area contributed by atoms with Crippen molar-refractivity contribution in [3.63, 3.8) is 0 Å². The highest BCUT2D eigenvalue weighted by molar-refractivity contribution is 7.90. The van der Waals surface area contributed by atoms with Crippen LogP contribution in [0.4, 0.5) is 4.39 Å². The molecular formula is C25H26ClFN6O2S2. The zero-order valence-electron chi connectivity index (χ0n) is 20.3. The van der Waals surface area contributed by atoms with Gasteiger partial charge >= 0.3 is 0 Å². The summed E-state index contributed by atoms with van der Waals surface area (Å²) in [6.07, 6.45) is 7.37. The molecule has 2 aromatic heterocycles. The Bertz CT molecular complexity index is 1510. The second kappa shape index (κ2) is 9.30. The maximum Gasteiger partial charge on any atom is 0.214 e. The van der Waals surface area contributed by atoms with Crippen molar-refractivity contribution in [3.8, 4) is 0 Å². The predicted molar refractivity (Wildman–Crippen MR) is 143 cm³/mol. The number of nitrogens with zero attached hydrogens (tertiary/aromatic N) is 5. The first-order chi connectivity index (χ1) is 17.7. The topological polar surface area (TPSA) is 92.5 Å². The molecule has 6 rings (SSSR count). The van der Waals surface area contributed by atoms with Crippen LogP contribution in [0.3, 0.4) is 0 Å². The SMILES string of the molecule is CC(C)n1cc(C2=C3C[C@H](NS(=O)(=O)C4CC4)CN3C(c3nccs3)=N[C@H]2c2ccc(F)cc2Cl)cn1. The fourth-order valence-electron chi connectivity index (χ4n) is 4.95. The van der Waals surface area contributed by atoms with E-state index in [1.807, 2.05) is 30.1 Å². The van der Waals surface area contributed by atoms with Gasteiger partial charge in [0.05, 0.1) is 11.4 Å². The highest BCUT2D eigenvalue weighted by Crippen LogP contribution is 2.46. The number of thiazole rings is 1. The average molecular weight is 561 g/mol. The minimum atomic E-state index is -3.38. The van der Waals surface area contributed by atoms with Gasteiger partial charge in [-0.2, -0.15) is 5.10 Å². The maximum absolute atomic E-state index is 14.0. The van der Waals surface area contributed by atoms with E-state index in [1.54, 1.807) is 18.5 Å². The number of amidine groups is 1. The lowest BCUT2D eigenvalue weighted by molar-refractivity contribution is 0.517. The van der Waals surface area contributed by atoms with Crippen LogP contribution in [0.25, 0.3) is 5.57 Å². The largest absolute Gasteiger partial charge is 0.326 e. The van der Waals surface area contributed by atoms with Crippen LogP contribution in [0, 0.1) is 5.82 Å². The summed E-state index contributed by atoms with van der Waals surface area (Å²) in [4.78, 5) is 11.7. The Kier molecular flexibility index (Phi) is 6.21. The number of nitrogens with one attached hydrogen (secondary N) is 1. The van der Waals surface area contributed by atoms with Crippen molar-refractivity contribution in [3.05, 3.63) is 74.8 Å². The summed E-state index contributed by atoms with van der Waals surface area (Å²) in [5.41, 5.74) is 3.36. The summed E-state index contributed by atoms with van der Waals surface area (Å²) in [7, 11) is -3.38. The molecule has 0 unspecified atom stereocenters. The summed E-state index contributed by atoms with van der Waals surface area (Å²) < 4.78 is 44.4. The molecule has 3 aromatic rings. The van der Waals surface area contributed by atoms with Gasteiger partial charge < -0.3 is 4.90 Å². The molecule has 0 radical (unpaired) electrons. The lowest BCUT2D eigenvalue weighted by atomic mass is 9.90. The third kappa shape index (κ3) is 4.62. The normalized spacial score (nSPS) is 22.1. The van der Waals surface area contributed by atoms with Gasteiger partial charge in [-0.25, -0.2) is 22.5 Å². The van der Waals surface area contributed by atoms with Gasteiger partial charge in [0.15, 0.2) is 10.8 Å². The Balaban J connectivity index is 1.51. The number of aromatic nitrogens is 3. The Morgan fingerprint density at radius 2 is 2.08 bits per heavy atom. The number of aliphatic imine (C=N–C) groups is 1. The number of sulfonamides is 1. The molecule has 2 aliphatic heterocycles. The molecule has 4 heterocycles. The van der Waals surface area contributed by atoms with Gasteiger partial charge in [-0.15, -0.1) is 11.3 Å². The van der Waals surface area contributed by atoms with E-state index in [1.165, 1.54) is 23.5 Å². The number of hydrogen-bond donors (Lipinski definition) is 1. The van der Waals surface area contributed by atoms with Crippen molar-refractivity contribution in [2.45, 2.75) is 56.5 Å². The van der Waals surface area contributed by atoms with Crippen LogP contribution < -0.4 is 4.72 Å². The van der Waals surface area contributed by atoms with Crippen LogP contribution >= 0.6 is 22.9 Å². The molecule has 1 N–H and O–H groups in total. The van der Waals surface area contributed by atoms with E-state index < -0.39 is 21.9 Å². The van der Waals surface area contributed by atoms with Crippen molar-refractivity contribution in [2.24, 2.45) is 4.99 Å². The molecule has 0 amide bonds. The molecule has 37 heavy (non-hydrogen) atoms. The molecule has 2 atom stereocenters. The number of halogens is 2. The van der Waals surface area contributed by atoms with E-state index in [-0.39, 0.29) is 22.4 Å². The summed E-state index contributed by atoms with van der Waals surface area (Å²) in [5.74, 6) is 0.232. The molecule has 3 aliphatic rings. The van der Waals surface area contributed by atoms with Gasteiger partial charge in [0.25, 0.3) is 0 Å². The zero-order valence-corrected chi connectivity index (χ0v) is 22.7. The van der Waals surface area contributed by atoms with E-state index in [4.69, 9.17) is 16.6 Å². The fourth-order valence-corrected chi connectivity index (χ4v) is 7.43. The van der Waals surface area contributed by atoms with Crippen molar-refractivity contribution in [1.29, 1.82) is 0 Å². The molecule has 1 saturated heterocycles. The van der Waals surface area contributed by atoms with E-state index >= 15 is 0 Å². The quantitative estimate of drug-likeness (QED) is 0.449. The van der Waals surface area contributed by atoms with Crippen LogP contribution in [0.5, 0.6) is 0 Å². The number of benzene rings is 1. The Morgan fingerprint density at radius 3 is 2.73 bits per heavy atom. The van der Waals surface area contributed by atoms with E-state index in [9.17, 15) is 12.8 Å². The third-order valence-corrected chi connectivity index (χ3v) is 9.98. The molecule has 1 aliphatic carbocycles. The molecular weight excluding hydrogens is 535 g/mol. The van der Waals surface area contributed by atoms with Crippen molar-refractivity contribution in [1.82, 2.24) is 24.4 Å². The number of fused-ring (bicyclic) bond motifs is 1. The highest BCUT2D eigenvalue weighted by Gasteiger charge is 2.43. The lowest BCUT2D eigenvalue weighted by Gasteiger charge is -2.32. The van der Waals surface area contributed by atoms with E-state index in [0.29, 0.717) is 37.2 Å². The van der Waals surface area contributed by atoms with Crippen molar-refractivity contribution >= 4 is 44.4 Å². The van der Waals surface area contributed by atoms with Crippen LogP contribution in [0.15, 0.2) is 52.9 Å². The van der Waals surface area contributed by atoms with Gasteiger partial charge in [-0.05, 0) is 44.4 Å². The first-order valence-electron chi connectivity index (χ1n) is 12.2. The Hall–Kier alpha value is -2.60. The summed E-state index contributed by atoms with van der Waals surface area (Å²) in [5, 5.41) is 7.13. The summed E-state index contributed by atoms with van der Waals surface area (Å²) >= 11 is 8.04. The monoisotopic (exact) mass is 560 g/mol. The van der Waals surface area contributed by atoms with Crippen molar-refractivity contribution < 1.29 is 12.8 Å². The standard InChI is InChI=1S/C25H26ClFN6O2S2/c1-14(2)33-12-15(11-29-33)22-21-10-17(31-37(34,35)18-4-5-18)13-32(21)24(25-28-7-8-36-25)30-23(22)19-6-3-16(27)9-20(19)26/h3,6-9,11-12,14,17-18,23,31H,4-5,10,13H2,1-2H3/t17-,23-/m0/s1. The smallest absolute Gasteiger partial charge is 0.214 e. The average Bonchev–Trinajstić information content (AvgIpc) is 3.21. The molecule has 8 nitrogen and oxygen atoms in total. The third-order valence-electron chi connectivity index (χ3n) is 6.88. The maximum atomic E-state index is 14.0. The molecule has 2 fully saturated rings. The van der Waals surface area contributed by atoms with Gasteiger partial charge in [0, 0.05) is 64.7 Å². The second-order valence-corrected chi connectivity index (χ2v) is 13.2. The van der Waals surface area contributed by atoms with Crippen LogP contribution in [-0.2, 0) is 10.0 Å². The predicted octanol–water partition coefficient (Wildman–Crippen LogP) is 4.78. The van der Waals surface area contributed by atoms with Gasteiger partial charge in [0.1, 0.15) is 11.9 Å². The van der Waals surface area contributed by atoms with Crippen LogP contribution in [-0.4, -0.2) is 51.8 Å². The molecule has 0 spiro atoms. The lowest BCUT2D eigenvalue weighted by Crippen LogP contribution is -2.40. The molecule has 0 bridgehead atoms.